The second kappa shape index (κ2) is 5.05. The van der Waals surface area contributed by atoms with Crippen molar-refractivity contribution >= 4 is 0 Å². The van der Waals surface area contributed by atoms with Crippen molar-refractivity contribution in [1.82, 2.24) is 0 Å². The summed E-state index contributed by atoms with van der Waals surface area (Å²) in [6.07, 6.45) is -7.78. The molecule has 0 spiro atoms. The number of halogens is 4. The highest BCUT2D eigenvalue weighted by molar-refractivity contribution is 5.57. The highest BCUT2D eigenvalue weighted by atomic mass is 19.4. The van der Waals surface area contributed by atoms with Crippen LogP contribution in [0, 0.1) is 5.82 Å². The number of hydrogen-bond donors (Lipinski definition) is 1. The van der Waals surface area contributed by atoms with E-state index in [1.165, 1.54) is 36.4 Å². The molecule has 0 aliphatic carbocycles. The Hall–Kier alpha value is -1.82. The SMILES string of the molecule is OC(Cc1ccc(-c2ccc(F)cc2)o1)C(F)(F)F. The van der Waals surface area contributed by atoms with Crippen LogP contribution in [0.3, 0.4) is 0 Å². The van der Waals surface area contributed by atoms with Crippen molar-refractivity contribution in [2.75, 3.05) is 0 Å². The van der Waals surface area contributed by atoms with Gasteiger partial charge in [-0.15, -0.1) is 0 Å². The zero-order valence-electron chi connectivity index (χ0n) is 9.62. The fourth-order valence-corrected chi connectivity index (χ4v) is 1.56. The zero-order chi connectivity index (χ0) is 14.0. The van der Waals surface area contributed by atoms with Crippen LogP contribution in [0.25, 0.3) is 11.3 Å². The van der Waals surface area contributed by atoms with Crippen molar-refractivity contribution in [1.29, 1.82) is 0 Å². The third kappa shape index (κ3) is 3.35. The first kappa shape index (κ1) is 13.6. The first-order valence-corrected chi connectivity index (χ1v) is 5.45. The molecule has 1 aromatic carbocycles. The second-order valence-electron chi connectivity index (χ2n) is 4.03. The maximum atomic E-state index is 12.7. The lowest BCUT2D eigenvalue weighted by molar-refractivity contribution is -0.203. The van der Waals surface area contributed by atoms with E-state index in [1.807, 2.05) is 0 Å². The molecule has 0 amide bonds. The lowest BCUT2D eigenvalue weighted by atomic mass is 10.2. The van der Waals surface area contributed by atoms with E-state index in [4.69, 9.17) is 9.52 Å². The number of hydrogen-bond acceptors (Lipinski definition) is 2. The van der Waals surface area contributed by atoms with E-state index >= 15 is 0 Å². The molecule has 0 saturated heterocycles. The van der Waals surface area contributed by atoms with E-state index in [1.54, 1.807) is 0 Å². The van der Waals surface area contributed by atoms with Gasteiger partial charge < -0.3 is 9.52 Å². The molecule has 1 heterocycles. The number of furan rings is 1. The van der Waals surface area contributed by atoms with Gasteiger partial charge in [-0.2, -0.15) is 13.2 Å². The fourth-order valence-electron chi connectivity index (χ4n) is 1.56. The normalized spacial score (nSPS) is 13.5. The van der Waals surface area contributed by atoms with E-state index < -0.39 is 24.5 Å². The van der Waals surface area contributed by atoms with Crippen molar-refractivity contribution in [2.45, 2.75) is 18.7 Å². The number of alkyl halides is 3. The Kier molecular flexibility index (Phi) is 3.61. The van der Waals surface area contributed by atoms with Crippen LogP contribution in [0.15, 0.2) is 40.8 Å². The zero-order valence-corrected chi connectivity index (χ0v) is 9.62. The maximum absolute atomic E-state index is 12.7. The molecule has 6 heteroatoms. The van der Waals surface area contributed by atoms with Gasteiger partial charge in [-0.3, -0.25) is 0 Å². The van der Waals surface area contributed by atoms with E-state index in [0.29, 0.717) is 11.3 Å². The Balaban J connectivity index is 2.13. The lowest BCUT2D eigenvalue weighted by Gasteiger charge is -2.12. The molecule has 0 aliphatic rings. The van der Waals surface area contributed by atoms with Gasteiger partial charge in [0, 0.05) is 12.0 Å². The molecular formula is C13H10F4O2. The van der Waals surface area contributed by atoms with Gasteiger partial charge in [-0.25, -0.2) is 4.39 Å². The Morgan fingerprint density at radius 3 is 2.26 bits per heavy atom. The smallest absolute Gasteiger partial charge is 0.414 e. The predicted molar refractivity (Wildman–Crippen MR) is 59.9 cm³/mol. The molecule has 19 heavy (non-hydrogen) atoms. The van der Waals surface area contributed by atoms with Gasteiger partial charge in [0.15, 0.2) is 6.10 Å². The van der Waals surface area contributed by atoms with Gasteiger partial charge in [0.1, 0.15) is 17.3 Å². The predicted octanol–water partition coefficient (Wildman–Crippen LogP) is 3.55. The number of benzene rings is 1. The van der Waals surface area contributed by atoms with Crippen molar-refractivity contribution in [2.24, 2.45) is 0 Å². The first-order chi connectivity index (χ1) is 8.86. The monoisotopic (exact) mass is 274 g/mol. The van der Waals surface area contributed by atoms with E-state index in [2.05, 4.69) is 0 Å². The molecule has 1 N–H and O–H groups in total. The minimum absolute atomic E-state index is 0.0177. The summed E-state index contributed by atoms with van der Waals surface area (Å²) in [6, 6.07) is 8.19. The van der Waals surface area contributed by atoms with Gasteiger partial charge in [0.25, 0.3) is 0 Å². The summed E-state index contributed by atoms with van der Waals surface area (Å²) < 4.78 is 54.4. The van der Waals surface area contributed by atoms with Gasteiger partial charge in [0.05, 0.1) is 0 Å². The molecule has 102 valence electrons. The van der Waals surface area contributed by atoms with Crippen LogP contribution in [0.1, 0.15) is 5.76 Å². The lowest BCUT2D eigenvalue weighted by Crippen LogP contribution is -2.30. The third-order valence-electron chi connectivity index (χ3n) is 2.56. The topological polar surface area (TPSA) is 33.4 Å². The van der Waals surface area contributed by atoms with Crippen molar-refractivity contribution < 1.29 is 27.1 Å². The van der Waals surface area contributed by atoms with Crippen molar-refractivity contribution in [3.05, 3.63) is 48.0 Å². The van der Waals surface area contributed by atoms with Crippen molar-refractivity contribution in [3.8, 4) is 11.3 Å². The molecule has 2 aromatic rings. The second-order valence-corrected chi connectivity index (χ2v) is 4.03. The largest absolute Gasteiger partial charge is 0.461 e. The van der Waals surface area contributed by atoms with Gasteiger partial charge in [0.2, 0.25) is 0 Å². The highest BCUT2D eigenvalue weighted by Gasteiger charge is 2.38. The summed E-state index contributed by atoms with van der Waals surface area (Å²) in [5, 5.41) is 8.92. The molecule has 0 saturated carbocycles. The first-order valence-electron chi connectivity index (χ1n) is 5.45. The van der Waals surface area contributed by atoms with Crippen LogP contribution in [-0.4, -0.2) is 17.4 Å². The Morgan fingerprint density at radius 1 is 1.05 bits per heavy atom. The van der Waals surface area contributed by atoms with Gasteiger partial charge >= 0.3 is 6.18 Å². The van der Waals surface area contributed by atoms with Crippen LogP contribution < -0.4 is 0 Å². The van der Waals surface area contributed by atoms with E-state index in [0.717, 1.165) is 0 Å². The summed E-state index contributed by atoms with van der Waals surface area (Å²) in [6.45, 7) is 0. The Bertz CT molecular complexity index is 543. The van der Waals surface area contributed by atoms with Crippen LogP contribution in [0.4, 0.5) is 17.6 Å². The summed E-state index contributed by atoms with van der Waals surface area (Å²) in [4.78, 5) is 0. The van der Waals surface area contributed by atoms with E-state index in [9.17, 15) is 17.6 Å². The molecule has 2 rings (SSSR count). The van der Waals surface area contributed by atoms with Crippen LogP contribution >= 0.6 is 0 Å². The van der Waals surface area contributed by atoms with Crippen LogP contribution in [0.2, 0.25) is 0 Å². The standard InChI is InChI=1S/C13H10F4O2/c14-9-3-1-8(2-4-9)11-6-5-10(19-11)7-12(18)13(15,16)17/h1-6,12,18H,7H2. The molecule has 0 radical (unpaired) electrons. The van der Waals surface area contributed by atoms with Gasteiger partial charge in [-0.05, 0) is 36.4 Å². The summed E-state index contributed by atoms with van der Waals surface area (Å²) in [7, 11) is 0. The molecular weight excluding hydrogens is 264 g/mol. The molecule has 0 aliphatic heterocycles. The Morgan fingerprint density at radius 2 is 1.68 bits per heavy atom. The molecule has 0 bridgehead atoms. The molecule has 0 fully saturated rings. The van der Waals surface area contributed by atoms with E-state index in [-0.39, 0.29) is 5.76 Å². The quantitative estimate of drug-likeness (QED) is 0.868. The number of aliphatic hydroxyl groups excluding tert-OH is 1. The van der Waals surface area contributed by atoms with Crippen molar-refractivity contribution in [3.63, 3.8) is 0 Å². The molecule has 1 aromatic heterocycles. The average Bonchev–Trinajstić information content (AvgIpc) is 2.77. The summed E-state index contributed by atoms with van der Waals surface area (Å²) >= 11 is 0. The molecule has 2 nitrogen and oxygen atoms in total. The van der Waals surface area contributed by atoms with Crippen LogP contribution in [0.5, 0.6) is 0 Å². The summed E-state index contributed by atoms with van der Waals surface area (Å²) in [5.74, 6) is -0.0726. The third-order valence-corrected chi connectivity index (χ3v) is 2.56. The fraction of sp³-hybridized carbons (Fsp3) is 0.231. The summed E-state index contributed by atoms with van der Waals surface area (Å²) in [5.41, 5.74) is 0.550. The average molecular weight is 274 g/mol. The van der Waals surface area contributed by atoms with Gasteiger partial charge in [-0.1, -0.05) is 0 Å². The highest BCUT2D eigenvalue weighted by Crippen LogP contribution is 2.26. The number of aliphatic hydroxyl groups is 1. The Labute approximate surface area is 106 Å². The maximum Gasteiger partial charge on any atom is 0.414 e. The number of rotatable bonds is 3. The minimum Gasteiger partial charge on any atom is -0.461 e. The molecule has 1 atom stereocenters. The minimum atomic E-state index is -4.68. The van der Waals surface area contributed by atoms with Crippen LogP contribution in [-0.2, 0) is 6.42 Å². The molecule has 1 unspecified atom stereocenters.